The largest absolute Gasteiger partial charge is 0.398 e. The number of nitrogens with two attached hydrogens (primary N) is 1. The van der Waals surface area contributed by atoms with Gasteiger partial charge in [-0.05, 0) is 31.0 Å². The van der Waals surface area contributed by atoms with Crippen LogP contribution >= 0.6 is 11.6 Å². The minimum atomic E-state index is -0.125. The van der Waals surface area contributed by atoms with Crippen molar-refractivity contribution in [1.82, 2.24) is 5.32 Å². The van der Waals surface area contributed by atoms with Gasteiger partial charge < -0.3 is 11.1 Å². The van der Waals surface area contributed by atoms with E-state index in [4.69, 9.17) is 17.3 Å². The molecule has 0 bridgehead atoms. The highest BCUT2D eigenvalue weighted by molar-refractivity contribution is 6.31. The van der Waals surface area contributed by atoms with Gasteiger partial charge in [0.2, 0.25) is 0 Å². The van der Waals surface area contributed by atoms with Crippen LogP contribution in [0.25, 0.3) is 0 Å². The SMILES string of the molecule is CCCCNC(=O)c1c(C)cc(Cl)cc1N. The summed E-state index contributed by atoms with van der Waals surface area (Å²) in [6, 6.07) is 3.34. The van der Waals surface area contributed by atoms with Gasteiger partial charge in [-0.25, -0.2) is 0 Å². The van der Waals surface area contributed by atoms with Crippen LogP contribution in [0.4, 0.5) is 5.69 Å². The summed E-state index contributed by atoms with van der Waals surface area (Å²) >= 11 is 5.84. The Morgan fingerprint density at radius 1 is 1.50 bits per heavy atom. The van der Waals surface area contributed by atoms with E-state index in [0.29, 0.717) is 22.8 Å². The molecule has 4 heteroatoms. The van der Waals surface area contributed by atoms with E-state index >= 15 is 0 Å². The molecule has 0 spiro atoms. The van der Waals surface area contributed by atoms with Crippen LogP contribution in [0.3, 0.4) is 0 Å². The van der Waals surface area contributed by atoms with Crippen molar-refractivity contribution in [3.8, 4) is 0 Å². The molecular weight excluding hydrogens is 224 g/mol. The Morgan fingerprint density at radius 3 is 2.75 bits per heavy atom. The fourth-order valence-electron chi connectivity index (χ4n) is 1.55. The van der Waals surface area contributed by atoms with Crippen molar-refractivity contribution in [2.24, 2.45) is 0 Å². The van der Waals surface area contributed by atoms with E-state index < -0.39 is 0 Å². The predicted molar refractivity (Wildman–Crippen MR) is 67.8 cm³/mol. The molecular formula is C12H17ClN2O. The molecule has 0 fully saturated rings. The number of unbranched alkanes of at least 4 members (excludes halogenated alkanes) is 1. The van der Waals surface area contributed by atoms with Crippen molar-refractivity contribution in [2.75, 3.05) is 12.3 Å². The summed E-state index contributed by atoms with van der Waals surface area (Å²) in [6.45, 7) is 4.59. The van der Waals surface area contributed by atoms with Crippen LogP contribution in [0, 0.1) is 6.92 Å². The lowest BCUT2D eigenvalue weighted by Gasteiger charge is -2.10. The Hall–Kier alpha value is -1.22. The van der Waals surface area contributed by atoms with Gasteiger partial charge in [-0.3, -0.25) is 4.79 Å². The fourth-order valence-corrected chi connectivity index (χ4v) is 1.83. The minimum absolute atomic E-state index is 0.125. The molecule has 1 aromatic carbocycles. The molecule has 1 amide bonds. The normalized spacial score (nSPS) is 10.2. The van der Waals surface area contributed by atoms with Crippen LogP contribution in [-0.4, -0.2) is 12.5 Å². The third-order valence-corrected chi connectivity index (χ3v) is 2.59. The van der Waals surface area contributed by atoms with Crippen molar-refractivity contribution in [2.45, 2.75) is 26.7 Å². The number of nitrogen functional groups attached to an aromatic ring is 1. The summed E-state index contributed by atoms with van der Waals surface area (Å²) in [4.78, 5) is 11.8. The van der Waals surface area contributed by atoms with Gasteiger partial charge in [-0.2, -0.15) is 0 Å². The standard InChI is InChI=1S/C12H17ClN2O/c1-3-4-5-15-12(16)11-8(2)6-9(13)7-10(11)14/h6-7H,3-5,14H2,1-2H3,(H,15,16). The van der Waals surface area contributed by atoms with E-state index in [0.717, 1.165) is 18.4 Å². The Bertz CT molecular complexity index is 368. The maximum atomic E-state index is 11.8. The third-order valence-electron chi connectivity index (χ3n) is 2.37. The summed E-state index contributed by atoms with van der Waals surface area (Å²) in [6.07, 6.45) is 2.02. The number of hydrogen-bond donors (Lipinski definition) is 2. The minimum Gasteiger partial charge on any atom is -0.398 e. The number of anilines is 1. The number of carbonyl (C=O) groups excluding carboxylic acids is 1. The fraction of sp³-hybridized carbons (Fsp3) is 0.417. The molecule has 3 N–H and O–H groups in total. The van der Waals surface area contributed by atoms with Crippen molar-refractivity contribution >= 4 is 23.2 Å². The molecule has 16 heavy (non-hydrogen) atoms. The maximum absolute atomic E-state index is 11.8. The average Bonchev–Trinajstić information content (AvgIpc) is 2.16. The molecule has 0 aromatic heterocycles. The van der Waals surface area contributed by atoms with Crippen LogP contribution in [0.2, 0.25) is 5.02 Å². The first-order valence-electron chi connectivity index (χ1n) is 5.40. The molecule has 0 saturated carbocycles. The van der Waals surface area contributed by atoms with Crippen molar-refractivity contribution in [1.29, 1.82) is 0 Å². The smallest absolute Gasteiger partial charge is 0.253 e. The van der Waals surface area contributed by atoms with Crippen LogP contribution < -0.4 is 11.1 Å². The first-order chi connectivity index (χ1) is 7.56. The highest BCUT2D eigenvalue weighted by Crippen LogP contribution is 2.22. The van der Waals surface area contributed by atoms with E-state index in [2.05, 4.69) is 12.2 Å². The van der Waals surface area contributed by atoms with Gasteiger partial charge in [0, 0.05) is 17.3 Å². The van der Waals surface area contributed by atoms with Gasteiger partial charge in [0.1, 0.15) is 0 Å². The number of amides is 1. The third kappa shape index (κ3) is 3.14. The zero-order chi connectivity index (χ0) is 12.1. The number of benzene rings is 1. The van der Waals surface area contributed by atoms with Crippen molar-refractivity contribution in [3.63, 3.8) is 0 Å². The van der Waals surface area contributed by atoms with Gasteiger partial charge in [-0.15, -0.1) is 0 Å². The van der Waals surface area contributed by atoms with E-state index in [1.807, 2.05) is 6.92 Å². The lowest BCUT2D eigenvalue weighted by atomic mass is 10.1. The summed E-state index contributed by atoms with van der Waals surface area (Å²) in [5.41, 5.74) is 7.54. The topological polar surface area (TPSA) is 55.1 Å². The van der Waals surface area contributed by atoms with E-state index in [1.54, 1.807) is 12.1 Å². The van der Waals surface area contributed by atoms with Gasteiger partial charge in [0.05, 0.1) is 5.56 Å². The molecule has 3 nitrogen and oxygen atoms in total. The molecule has 0 saturated heterocycles. The summed E-state index contributed by atoms with van der Waals surface area (Å²) in [5.74, 6) is -0.125. The Kier molecular flexibility index (Phi) is 4.62. The molecule has 0 atom stereocenters. The van der Waals surface area contributed by atoms with Gasteiger partial charge in [0.15, 0.2) is 0 Å². The van der Waals surface area contributed by atoms with Gasteiger partial charge in [-0.1, -0.05) is 24.9 Å². The Labute approximate surface area is 101 Å². The zero-order valence-electron chi connectivity index (χ0n) is 9.64. The zero-order valence-corrected chi connectivity index (χ0v) is 10.4. The predicted octanol–water partition coefficient (Wildman–Crippen LogP) is 2.76. The quantitative estimate of drug-likeness (QED) is 0.628. The molecule has 0 aliphatic carbocycles. The van der Waals surface area contributed by atoms with Crippen LogP contribution in [0.1, 0.15) is 35.7 Å². The number of carbonyl (C=O) groups is 1. The van der Waals surface area contributed by atoms with E-state index in [9.17, 15) is 4.79 Å². The lowest BCUT2D eigenvalue weighted by molar-refractivity contribution is 0.0953. The molecule has 0 aliphatic rings. The first-order valence-corrected chi connectivity index (χ1v) is 5.78. The second-order valence-corrected chi connectivity index (χ2v) is 4.23. The Morgan fingerprint density at radius 2 is 2.19 bits per heavy atom. The highest BCUT2D eigenvalue weighted by atomic mass is 35.5. The van der Waals surface area contributed by atoms with Gasteiger partial charge in [0.25, 0.3) is 5.91 Å². The molecule has 88 valence electrons. The average molecular weight is 241 g/mol. The van der Waals surface area contributed by atoms with Crippen molar-refractivity contribution in [3.05, 3.63) is 28.3 Å². The molecule has 0 radical (unpaired) electrons. The molecule has 0 heterocycles. The van der Waals surface area contributed by atoms with Crippen LogP contribution in [-0.2, 0) is 0 Å². The number of halogens is 1. The van der Waals surface area contributed by atoms with Crippen LogP contribution in [0.15, 0.2) is 12.1 Å². The van der Waals surface area contributed by atoms with Gasteiger partial charge >= 0.3 is 0 Å². The first kappa shape index (κ1) is 12.8. The summed E-state index contributed by atoms with van der Waals surface area (Å²) in [5, 5.41) is 3.39. The number of aryl methyl sites for hydroxylation is 1. The van der Waals surface area contributed by atoms with Crippen molar-refractivity contribution < 1.29 is 4.79 Å². The second kappa shape index (κ2) is 5.75. The van der Waals surface area contributed by atoms with E-state index in [-0.39, 0.29) is 5.91 Å². The summed E-state index contributed by atoms with van der Waals surface area (Å²) in [7, 11) is 0. The molecule has 0 unspecified atom stereocenters. The molecule has 0 aliphatic heterocycles. The monoisotopic (exact) mass is 240 g/mol. The lowest BCUT2D eigenvalue weighted by Crippen LogP contribution is -2.26. The highest BCUT2D eigenvalue weighted by Gasteiger charge is 2.12. The summed E-state index contributed by atoms with van der Waals surface area (Å²) < 4.78 is 0. The maximum Gasteiger partial charge on any atom is 0.253 e. The molecule has 1 rings (SSSR count). The number of rotatable bonds is 4. The number of nitrogens with one attached hydrogen (secondary N) is 1. The molecule has 1 aromatic rings. The van der Waals surface area contributed by atoms with Crippen LogP contribution in [0.5, 0.6) is 0 Å². The Balaban J connectivity index is 2.83. The van der Waals surface area contributed by atoms with E-state index in [1.165, 1.54) is 0 Å². The second-order valence-electron chi connectivity index (χ2n) is 3.80. The number of hydrogen-bond acceptors (Lipinski definition) is 2.